The molecular formula is C17H14F3NO. The van der Waals surface area contributed by atoms with Gasteiger partial charge in [0, 0.05) is 18.2 Å². The highest BCUT2D eigenvalue weighted by atomic mass is 19.1. The van der Waals surface area contributed by atoms with Crippen LogP contribution in [-0.4, -0.2) is 16.8 Å². The first kappa shape index (κ1) is 14.6. The highest BCUT2D eigenvalue weighted by molar-refractivity contribution is 5.95. The third-order valence-corrected chi connectivity index (χ3v) is 3.72. The second-order valence-corrected chi connectivity index (χ2v) is 5.35. The van der Waals surface area contributed by atoms with Gasteiger partial charge in [-0.15, -0.1) is 0 Å². The van der Waals surface area contributed by atoms with Crippen LogP contribution in [0.25, 0.3) is 0 Å². The predicted molar refractivity (Wildman–Crippen MR) is 75.7 cm³/mol. The van der Waals surface area contributed by atoms with E-state index in [0.29, 0.717) is 5.56 Å². The predicted octanol–water partition coefficient (Wildman–Crippen LogP) is 3.91. The maximum Gasteiger partial charge on any atom is 0.260 e. The van der Waals surface area contributed by atoms with E-state index < -0.39 is 28.9 Å². The molecular weight excluding hydrogens is 291 g/mol. The molecule has 0 saturated heterocycles. The normalized spacial score (nSPS) is 14.0. The smallest absolute Gasteiger partial charge is 0.260 e. The summed E-state index contributed by atoms with van der Waals surface area (Å²) in [6.07, 6.45) is 1.52. The topological polar surface area (TPSA) is 20.3 Å². The molecule has 114 valence electrons. The third-order valence-electron chi connectivity index (χ3n) is 3.72. The van der Waals surface area contributed by atoms with E-state index in [1.54, 1.807) is 18.2 Å². The van der Waals surface area contributed by atoms with Gasteiger partial charge in [-0.1, -0.05) is 24.3 Å². The Morgan fingerprint density at radius 2 is 1.55 bits per heavy atom. The van der Waals surface area contributed by atoms with Crippen LogP contribution < -0.4 is 0 Å². The lowest BCUT2D eigenvalue weighted by atomic mass is 10.1. The Bertz CT molecular complexity index is 693. The van der Waals surface area contributed by atoms with Gasteiger partial charge in [-0.05, 0) is 31.0 Å². The maximum absolute atomic E-state index is 13.8. The highest BCUT2D eigenvalue weighted by Gasteiger charge is 2.35. The van der Waals surface area contributed by atoms with E-state index in [9.17, 15) is 18.0 Å². The van der Waals surface area contributed by atoms with E-state index in [-0.39, 0.29) is 12.6 Å². The van der Waals surface area contributed by atoms with Gasteiger partial charge in [0.25, 0.3) is 5.91 Å². The number of hydrogen-bond acceptors (Lipinski definition) is 1. The van der Waals surface area contributed by atoms with Gasteiger partial charge in [0.2, 0.25) is 0 Å². The molecule has 2 aromatic rings. The minimum atomic E-state index is -0.899. The first-order valence-corrected chi connectivity index (χ1v) is 7.06. The molecule has 0 unspecified atom stereocenters. The summed E-state index contributed by atoms with van der Waals surface area (Å²) in [6.45, 7) is 0.00392. The van der Waals surface area contributed by atoms with Crippen LogP contribution in [0.15, 0.2) is 42.5 Å². The van der Waals surface area contributed by atoms with Crippen molar-refractivity contribution in [1.29, 1.82) is 0 Å². The van der Waals surface area contributed by atoms with Crippen molar-refractivity contribution in [2.24, 2.45) is 0 Å². The summed E-state index contributed by atoms with van der Waals surface area (Å²) in [5, 5.41) is 0. The van der Waals surface area contributed by atoms with E-state index in [4.69, 9.17) is 0 Å². The average molecular weight is 305 g/mol. The molecule has 1 aliphatic rings. The summed E-state index contributed by atoms with van der Waals surface area (Å²) in [6, 6.07) is 9.29. The average Bonchev–Trinajstić information content (AvgIpc) is 3.30. The largest absolute Gasteiger partial charge is 0.331 e. The lowest BCUT2D eigenvalue weighted by Crippen LogP contribution is -2.34. The van der Waals surface area contributed by atoms with Crippen molar-refractivity contribution < 1.29 is 18.0 Å². The minimum Gasteiger partial charge on any atom is -0.331 e. The molecule has 0 radical (unpaired) electrons. The molecule has 0 aromatic heterocycles. The van der Waals surface area contributed by atoms with Crippen molar-refractivity contribution in [2.45, 2.75) is 25.4 Å². The highest BCUT2D eigenvalue weighted by Crippen LogP contribution is 2.31. The van der Waals surface area contributed by atoms with Gasteiger partial charge in [0.1, 0.15) is 23.0 Å². The summed E-state index contributed by atoms with van der Waals surface area (Å²) < 4.78 is 41.4. The fraction of sp³-hybridized carbons (Fsp3) is 0.235. The quantitative estimate of drug-likeness (QED) is 0.838. The second-order valence-electron chi connectivity index (χ2n) is 5.35. The van der Waals surface area contributed by atoms with E-state index in [1.165, 1.54) is 17.0 Å². The SMILES string of the molecule is O=C(c1c(F)cccc1F)N(Cc1ccccc1F)C1CC1. The number of rotatable bonds is 4. The van der Waals surface area contributed by atoms with Gasteiger partial charge in [-0.2, -0.15) is 0 Å². The van der Waals surface area contributed by atoms with Gasteiger partial charge in [0.15, 0.2) is 0 Å². The molecule has 3 rings (SSSR count). The molecule has 0 aliphatic heterocycles. The van der Waals surface area contributed by atoms with Crippen molar-refractivity contribution in [3.63, 3.8) is 0 Å². The van der Waals surface area contributed by atoms with Crippen LogP contribution in [0.5, 0.6) is 0 Å². The molecule has 1 amide bonds. The Hall–Kier alpha value is -2.30. The Balaban J connectivity index is 1.92. The number of carbonyl (C=O) groups excluding carboxylic acids is 1. The molecule has 22 heavy (non-hydrogen) atoms. The standard InChI is InChI=1S/C17H14F3NO/c18-13-5-2-1-4-11(13)10-21(12-8-9-12)17(22)16-14(19)6-3-7-15(16)20/h1-7,12H,8-10H2. The van der Waals surface area contributed by atoms with Crippen molar-refractivity contribution in [3.05, 3.63) is 71.0 Å². The van der Waals surface area contributed by atoms with Gasteiger partial charge in [-0.25, -0.2) is 13.2 Å². The molecule has 1 saturated carbocycles. The number of carbonyl (C=O) groups is 1. The van der Waals surface area contributed by atoms with Crippen molar-refractivity contribution in [1.82, 2.24) is 4.90 Å². The number of halogens is 3. The minimum absolute atomic E-state index is 0.00392. The molecule has 1 aliphatic carbocycles. The molecule has 2 aromatic carbocycles. The van der Waals surface area contributed by atoms with Crippen molar-refractivity contribution in [3.8, 4) is 0 Å². The van der Waals surface area contributed by atoms with Gasteiger partial charge < -0.3 is 4.90 Å². The zero-order valence-electron chi connectivity index (χ0n) is 11.7. The van der Waals surface area contributed by atoms with Crippen LogP contribution >= 0.6 is 0 Å². The van der Waals surface area contributed by atoms with Crippen molar-refractivity contribution >= 4 is 5.91 Å². The van der Waals surface area contributed by atoms with Gasteiger partial charge >= 0.3 is 0 Å². The molecule has 1 fully saturated rings. The molecule has 2 nitrogen and oxygen atoms in total. The second kappa shape index (κ2) is 5.83. The summed E-state index contributed by atoms with van der Waals surface area (Å²) in [4.78, 5) is 13.9. The summed E-state index contributed by atoms with van der Waals surface area (Å²) in [5.41, 5.74) is -0.245. The molecule has 0 heterocycles. The van der Waals surface area contributed by atoms with Crippen LogP contribution in [0.1, 0.15) is 28.8 Å². The lowest BCUT2D eigenvalue weighted by Gasteiger charge is -2.23. The van der Waals surface area contributed by atoms with Crippen LogP contribution in [0.3, 0.4) is 0 Å². The van der Waals surface area contributed by atoms with Gasteiger partial charge in [0.05, 0.1) is 0 Å². The zero-order valence-corrected chi connectivity index (χ0v) is 11.7. The Morgan fingerprint density at radius 3 is 2.14 bits per heavy atom. The molecule has 0 spiro atoms. The first-order valence-electron chi connectivity index (χ1n) is 7.06. The Kier molecular flexibility index (Phi) is 3.88. The number of amides is 1. The summed E-state index contributed by atoms with van der Waals surface area (Å²) >= 11 is 0. The van der Waals surface area contributed by atoms with E-state index in [1.807, 2.05) is 0 Å². The lowest BCUT2D eigenvalue weighted by molar-refractivity contribution is 0.0718. The monoisotopic (exact) mass is 305 g/mol. The van der Waals surface area contributed by atoms with E-state index in [2.05, 4.69) is 0 Å². The van der Waals surface area contributed by atoms with Crippen molar-refractivity contribution in [2.75, 3.05) is 0 Å². The zero-order chi connectivity index (χ0) is 15.7. The van der Waals surface area contributed by atoms with E-state index in [0.717, 1.165) is 25.0 Å². The summed E-state index contributed by atoms with van der Waals surface area (Å²) in [5.74, 6) is -2.97. The van der Waals surface area contributed by atoms with Crippen LogP contribution in [0, 0.1) is 17.5 Å². The van der Waals surface area contributed by atoms with Gasteiger partial charge in [-0.3, -0.25) is 4.79 Å². The molecule has 0 atom stereocenters. The Morgan fingerprint density at radius 1 is 0.955 bits per heavy atom. The van der Waals surface area contributed by atoms with E-state index >= 15 is 0 Å². The Labute approximate surface area is 126 Å². The summed E-state index contributed by atoms with van der Waals surface area (Å²) in [7, 11) is 0. The third kappa shape index (κ3) is 2.84. The fourth-order valence-corrected chi connectivity index (χ4v) is 2.41. The fourth-order valence-electron chi connectivity index (χ4n) is 2.41. The molecule has 0 bridgehead atoms. The number of hydrogen-bond donors (Lipinski definition) is 0. The van der Waals surface area contributed by atoms with Crippen LogP contribution in [0.2, 0.25) is 0 Å². The number of benzene rings is 2. The first-order chi connectivity index (χ1) is 10.6. The number of nitrogens with zero attached hydrogens (tertiary/aromatic N) is 1. The maximum atomic E-state index is 13.8. The molecule has 5 heteroatoms. The molecule has 0 N–H and O–H groups in total. The van der Waals surface area contributed by atoms with Crippen LogP contribution in [0.4, 0.5) is 13.2 Å². The van der Waals surface area contributed by atoms with Crippen LogP contribution in [-0.2, 0) is 6.54 Å².